The number of ether oxygens (including phenoxy) is 3. The Morgan fingerprint density at radius 1 is 1.05 bits per heavy atom. The highest BCUT2D eigenvalue weighted by atomic mass is 16.5. The number of carbonyl (C=O) groups is 1. The van der Waals surface area contributed by atoms with E-state index < -0.39 is 37.0 Å². The van der Waals surface area contributed by atoms with E-state index in [-0.39, 0.29) is 18.1 Å². The van der Waals surface area contributed by atoms with Crippen LogP contribution in [-0.2, 0) is 4.79 Å². The van der Waals surface area contributed by atoms with Crippen molar-refractivity contribution in [2.45, 2.75) is 68.7 Å². The van der Waals surface area contributed by atoms with Gasteiger partial charge in [0.1, 0.15) is 18.3 Å². The Bertz CT molecular complexity index is 1310. The first-order valence-corrected chi connectivity index (χ1v) is 14.1. The van der Waals surface area contributed by atoms with Crippen molar-refractivity contribution < 1.29 is 54.8 Å². The fourth-order valence-corrected chi connectivity index (χ4v) is 5.15. The van der Waals surface area contributed by atoms with Crippen LogP contribution >= 0.6 is 0 Å². The third-order valence-electron chi connectivity index (χ3n) is 7.47. The van der Waals surface area contributed by atoms with Crippen LogP contribution in [0.25, 0.3) is 0 Å². The number of methoxy groups -OCH3 is 2. The van der Waals surface area contributed by atoms with Crippen LogP contribution in [0.4, 0.5) is 5.95 Å². The monoisotopic (exact) mass is 622 g/mol. The van der Waals surface area contributed by atoms with Crippen molar-refractivity contribution in [3.05, 3.63) is 35.0 Å². The van der Waals surface area contributed by atoms with Gasteiger partial charge in [-0.15, -0.1) is 0 Å². The smallest absolute Gasteiger partial charge is 0.335 e. The number of aliphatic carboxylic acids is 1. The Morgan fingerprint density at radius 3 is 2.32 bits per heavy atom. The fraction of sp³-hybridized carbons (Fsp3) is 0.586. The molecule has 244 valence electrons. The van der Waals surface area contributed by atoms with Crippen molar-refractivity contribution in [3.8, 4) is 17.4 Å². The molecule has 7 atom stereocenters. The predicted octanol–water partition coefficient (Wildman–Crippen LogP) is -0.687. The van der Waals surface area contributed by atoms with Gasteiger partial charge in [-0.05, 0) is 43.9 Å². The maximum absolute atomic E-state index is 10.3. The van der Waals surface area contributed by atoms with Crippen LogP contribution in [0.1, 0.15) is 48.8 Å². The van der Waals surface area contributed by atoms with E-state index in [2.05, 4.69) is 9.97 Å². The number of carboxylic acids is 1. The van der Waals surface area contributed by atoms with Gasteiger partial charge in [0, 0.05) is 31.8 Å². The molecule has 4 rings (SSSR count). The van der Waals surface area contributed by atoms with E-state index in [4.69, 9.17) is 49.8 Å². The van der Waals surface area contributed by atoms with Gasteiger partial charge < -0.3 is 54.9 Å². The minimum Gasteiger partial charge on any atom is -0.493 e. The molecule has 15 heteroatoms. The molecule has 2 heterocycles. The normalized spacial score (nSPS) is 21.6. The number of hydrogen-bond donors (Lipinski definition) is 7. The van der Waals surface area contributed by atoms with E-state index in [1.165, 1.54) is 0 Å². The molecule has 0 saturated heterocycles. The van der Waals surface area contributed by atoms with Crippen LogP contribution in [-0.4, -0.2) is 135 Å². The molecule has 1 saturated carbocycles. The zero-order valence-corrected chi connectivity index (χ0v) is 25.4. The lowest BCUT2D eigenvalue weighted by Crippen LogP contribution is -2.48. The van der Waals surface area contributed by atoms with Gasteiger partial charge in [0.25, 0.3) is 0 Å². The van der Waals surface area contributed by atoms with E-state index in [0.717, 1.165) is 35.2 Å². The Labute approximate surface area is 255 Å². The van der Waals surface area contributed by atoms with Crippen LogP contribution in [0.3, 0.4) is 0 Å². The summed E-state index contributed by atoms with van der Waals surface area (Å²) in [4.78, 5) is 26.1. The van der Waals surface area contributed by atoms with Crippen molar-refractivity contribution >= 4 is 17.6 Å². The van der Waals surface area contributed by atoms with Crippen molar-refractivity contribution in [1.82, 2.24) is 9.97 Å². The highest BCUT2D eigenvalue weighted by molar-refractivity contribution is 6.16. The average Bonchev–Trinajstić information content (AvgIpc) is 3.02. The topological polar surface area (TPSA) is 228 Å². The summed E-state index contributed by atoms with van der Waals surface area (Å²) in [6.45, 7) is 1.65. The summed E-state index contributed by atoms with van der Waals surface area (Å²) in [5, 5.41) is 62.2. The number of fused-ring (bicyclic) bond motifs is 3. The molecule has 44 heavy (non-hydrogen) atoms. The summed E-state index contributed by atoms with van der Waals surface area (Å²) in [6, 6.07) is 4.09. The highest BCUT2D eigenvalue weighted by Gasteiger charge is 2.38. The van der Waals surface area contributed by atoms with Gasteiger partial charge in [0.15, 0.2) is 17.6 Å². The third kappa shape index (κ3) is 7.72. The summed E-state index contributed by atoms with van der Waals surface area (Å²) < 4.78 is 17.1. The minimum atomic E-state index is -2.20. The lowest BCUT2D eigenvalue weighted by Gasteiger charge is -2.37. The van der Waals surface area contributed by atoms with E-state index in [9.17, 15) is 9.90 Å². The van der Waals surface area contributed by atoms with Crippen molar-refractivity contribution in [2.24, 2.45) is 4.99 Å². The maximum Gasteiger partial charge on any atom is 0.335 e. The SMILES string of the molecule is CCOc1cc2c(cc1OC)C(c1cnc(N(C)C)nc1OC)=N[C@@H]1CC[C@@H](O)C[C@H]21.O=C(O)[C@H](O)[C@@H](O)[C@H](O)[C@H](O)CO. The quantitative estimate of drug-likeness (QED) is 0.165. The summed E-state index contributed by atoms with van der Waals surface area (Å²) >= 11 is 0. The second kappa shape index (κ2) is 15.4. The molecule has 7 N–H and O–H groups in total. The molecule has 0 radical (unpaired) electrons. The Morgan fingerprint density at radius 2 is 1.75 bits per heavy atom. The largest absolute Gasteiger partial charge is 0.493 e. The minimum absolute atomic E-state index is 0.0759. The van der Waals surface area contributed by atoms with Gasteiger partial charge in [-0.3, -0.25) is 4.99 Å². The number of aliphatic imine (C=N–C) groups is 1. The van der Waals surface area contributed by atoms with Gasteiger partial charge in [-0.25, -0.2) is 9.78 Å². The number of hydrogen-bond acceptors (Lipinski definition) is 14. The first kappa shape index (κ1) is 34.9. The molecule has 1 aromatic heterocycles. The molecular weight excluding hydrogens is 580 g/mol. The number of nitrogens with zero attached hydrogens (tertiary/aromatic N) is 4. The molecule has 1 aromatic carbocycles. The summed E-state index contributed by atoms with van der Waals surface area (Å²) in [5.41, 5.74) is 3.58. The maximum atomic E-state index is 10.3. The van der Waals surface area contributed by atoms with E-state index in [1.807, 2.05) is 38.1 Å². The van der Waals surface area contributed by atoms with E-state index in [1.54, 1.807) is 20.4 Å². The molecule has 0 unspecified atom stereocenters. The van der Waals surface area contributed by atoms with Crippen molar-refractivity contribution in [2.75, 3.05) is 46.4 Å². The number of anilines is 1. The van der Waals surface area contributed by atoms with Gasteiger partial charge in [0.2, 0.25) is 11.8 Å². The number of rotatable bonds is 11. The molecule has 0 bridgehead atoms. The van der Waals surface area contributed by atoms with Gasteiger partial charge in [-0.2, -0.15) is 4.98 Å². The van der Waals surface area contributed by atoms with Crippen molar-refractivity contribution in [3.63, 3.8) is 0 Å². The molecular formula is C29H42N4O11. The summed E-state index contributed by atoms with van der Waals surface area (Å²) in [6.07, 6.45) is -4.14. The third-order valence-corrected chi connectivity index (χ3v) is 7.47. The van der Waals surface area contributed by atoms with Crippen LogP contribution in [0, 0.1) is 0 Å². The molecule has 1 aliphatic heterocycles. The highest BCUT2D eigenvalue weighted by Crippen LogP contribution is 2.45. The van der Waals surface area contributed by atoms with Crippen LogP contribution in [0.5, 0.6) is 17.4 Å². The zero-order valence-electron chi connectivity index (χ0n) is 25.4. The summed E-state index contributed by atoms with van der Waals surface area (Å²) in [5.74, 6) is 0.797. The van der Waals surface area contributed by atoms with Gasteiger partial charge >= 0.3 is 5.97 Å². The molecule has 2 aromatic rings. The zero-order chi connectivity index (χ0) is 32.7. The van der Waals surface area contributed by atoms with Crippen molar-refractivity contribution in [1.29, 1.82) is 0 Å². The molecule has 0 amide bonds. The Balaban J connectivity index is 0.000000345. The predicted molar refractivity (Wildman–Crippen MR) is 158 cm³/mol. The lowest BCUT2D eigenvalue weighted by molar-refractivity contribution is -0.164. The summed E-state index contributed by atoms with van der Waals surface area (Å²) in [7, 11) is 7.01. The standard InChI is InChI=1S/C23H30N4O4.C6H12O7/c1-6-31-20-10-14-15-9-13(28)7-8-18(15)25-21(16(14)11-19(20)29-4)17-12-24-23(27(2)3)26-22(17)30-5;7-1-2(8)3(9)4(10)5(11)6(12)13/h10-13,15,18,28H,6-9H2,1-5H3;2-5,7-11H,1H2,(H,12,13)/t13-,15-,18-;2-,3-,4+,5-/m11/s1. The molecule has 2 aliphatic rings. The average molecular weight is 623 g/mol. The van der Waals surface area contributed by atoms with Gasteiger partial charge in [-0.1, -0.05) is 0 Å². The van der Waals surface area contributed by atoms with E-state index in [0.29, 0.717) is 36.4 Å². The first-order chi connectivity index (χ1) is 20.9. The first-order valence-electron chi connectivity index (χ1n) is 14.1. The number of benzene rings is 1. The number of carboxylic acid groups (broad SMARTS) is 1. The second-order valence-corrected chi connectivity index (χ2v) is 10.6. The Hall–Kier alpha value is -3.60. The number of aliphatic hydroxyl groups is 6. The lowest BCUT2D eigenvalue weighted by atomic mass is 9.74. The molecule has 1 aliphatic carbocycles. The van der Waals surface area contributed by atoms with Crippen LogP contribution in [0.15, 0.2) is 23.3 Å². The van der Waals surface area contributed by atoms with Gasteiger partial charge in [0.05, 0.1) is 50.9 Å². The molecule has 15 nitrogen and oxygen atoms in total. The molecule has 0 spiro atoms. The van der Waals surface area contributed by atoms with Crippen LogP contribution < -0.4 is 19.1 Å². The van der Waals surface area contributed by atoms with E-state index >= 15 is 0 Å². The number of aliphatic hydroxyl groups excluding tert-OH is 6. The second-order valence-electron chi connectivity index (χ2n) is 10.6. The number of aromatic nitrogens is 2. The molecule has 1 fully saturated rings. The Kier molecular flexibility index (Phi) is 12.2. The van der Waals surface area contributed by atoms with Crippen LogP contribution in [0.2, 0.25) is 0 Å². The fourth-order valence-electron chi connectivity index (χ4n) is 5.15.